The first kappa shape index (κ1) is 17.5. The van der Waals surface area contributed by atoms with Gasteiger partial charge in [-0.2, -0.15) is 0 Å². The highest BCUT2D eigenvalue weighted by Crippen LogP contribution is 2.22. The zero-order valence-corrected chi connectivity index (χ0v) is 13.4. The van der Waals surface area contributed by atoms with Crippen LogP contribution in [0.3, 0.4) is 0 Å². The molecule has 1 heterocycles. The highest BCUT2D eigenvalue weighted by atomic mass is 35.5. The quantitative estimate of drug-likeness (QED) is 0.450. The van der Waals surface area contributed by atoms with E-state index in [4.69, 9.17) is 20.8 Å². The lowest BCUT2D eigenvalue weighted by Gasteiger charge is -2.15. The third-order valence-corrected chi connectivity index (χ3v) is 3.44. The van der Waals surface area contributed by atoms with Gasteiger partial charge in [-0.05, 0) is 18.2 Å². The van der Waals surface area contributed by atoms with Crippen molar-refractivity contribution in [2.75, 3.05) is 13.7 Å². The number of esters is 1. The first-order chi connectivity index (χ1) is 11.4. The van der Waals surface area contributed by atoms with E-state index < -0.39 is 23.4 Å². The number of hydrogen-bond donors (Lipinski definition) is 0. The summed E-state index contributed by atoms with van der Waals surface area (Å²) < 4.78 is 10.00. The molecule has 9 heteroatoms. The summed E-state index contributed by atoms with van der Waals surface area (Å²) in [5, 5.41) is 10.7. The predicted octanol–water partition coefficient (Wildman–Crippen LogP) is 2.66. The molecule has 1 amide bonds. The molecule has 8 nitrogen and oxygen atoms in total. The number of likely N-dealkylation sites (N-methyl/N-ethyl adjacent to an activating group) is 1. The van der Waals surface area contributed by atoms with Gasteiger partial charge in [-0.1, -0.05) is 11.6 Å². The van der Waals surface area contributed by atoms with Crippen molar-refractivity contribution in [1.29, 1.82) is 0 Å². The summed E-state index contributed by atoms with van der Waals surface area (Å²) in [5.74, 6) is -0.788. The minimum absolute atomic E-state index is 0.00184. The van der Waals surface area contributed by atoms with Crippen molar-refractivity contribution in [1.82, 2.24) is 4.90 Å². The molecule has 0 N–H and O–H groups in total. The fraction of sp³-hybridized carbons (Fsp3) is 0.200. The normalized spacial score (nSPS) is 10.2. The maximum atomic E-state index is 12.0. The molecule has 0 radical (unpaired) electrons. The number of hydrogen-bond acceptors (Lipinski definition) is 6. The van der Waals surface area contributed by atoms with Gasteiger partial charge in [0.15, 0.2) is 6.61 Å². The molecule has 0 saturated heterocycles. The van der Waals surface area contributed by atoms with Crippen LogP contribution in [0, 0.1) is 10.1 Å². The summed E-state index contributed by atoms with van der Waals surface area (Å²) in [6.45, 7) is -0.296. The van der Waals surface area contributed by atoms with Crippen LogP contribution in [-0.4, -0.2) is 35.4 Å². The maximum Gasteiger partial charge on any atom is 0.340 e. The van der Waals surface area contributed by atoms with Crippen molar-refractivity contribution in [3.05, 3.63) is 63.1 Å². The molecule has 0 bridgehead atoms. The summed E-state index contributed by atoms with van der Waals surface area (Å²) in [6, 6.07) is 6.79. The number of nitro groups is 1. The monoisotopic (exact) mass is 352 g/mol. The number of benzene rings is 1. The van der Waals surface area contributed by atoms with Crippen molar-refractivity contribution in [2.45, 2.75) is 6.54 Å². The minimum Gasteiger partial charge on any atom is -0.467 e. The lowest BCUT2D eigenvalue weighted by Crippen LogP contribution is -2.30. The van der Waals surface area contributed by atoms with Crippen molar-refractivity contribution in [2.24, 2.45) is 0 Å². The molecule has 126 valence electrons. The Labute approximate surface area is 141 Å². The van der Waals surface area contributed by atoms with Crippen molar-refractivity contribution >= 4 is 29.2 Å². The molecule has 0 spiro atoms. The fourth-order valence-corrected chi connectivity index (χ4v) is 2.02. The van der Waals surface area contributed by atoms with Gasteiger partial charge < -0.3 is 14.1 Å². The molecule has 0 unspecified atom stereocenters. The molecule has 2 rings (SSSR count). The molecule has 0 fully saturated rings. The highest BCUT2D eigenvalue weighted by Gasteiger charge is 2.19. The second kappa shape index (κ2) is 7.60. The topological polar surface area (TPSA) is 103 Å². The Morgan fingerprint density at radius 2 is 2.12 bits per heavy atom. The summed E-state index contributed by atoms with van der Waals surface area (Å²) in [4.78, 5) is 35.3. The summed E-state index contributed by atoms with van der Waals surface area (Å²) in [7, 11) is 1.53. The Kier molecular flexibility index (Phi) is 5.54. The third kappa shape index (κ3) is 4.32. The number of carbonyl (C=O) groups excluding carboxylic acids is 2. The largest absolute Gasteiger partial charge is 0.467 e. The number of carbonyl (C=O) groups is 2. The van der Waals surface area contributed by atoms with Crippen LogP contribution in [0.15, 0.2) is 41.0 Å². The standard InChI is InChI=1S/C15H13ClN2O6/c1-17(8-11-3-2-6-23-11)14(19)9-24-15(20)12-7-10(18(21)22)4-5-13(12)16/h2-7H,8-9H2,1H3. The number of nitro benzene ring substituents is 1. The van der Waals surface area contributed by atoms with E-state index in [-0.39, 0.29) is 22.8 Å². The minimum atomic E-state index is -0.913. The van der Waals surface area contributed by atoms with Crippen LogP contribution in [0.2, 0.25) is 5.02 Å². The Morgan fingerprint density at radius 3 is 2.75 bits per heavy atom. The highest BCUT2D eigenvalue weighted by molar-refractivity contribution is 6.33. The smallest absolute Gasteiger partial charge is 0.340 e. The van der Waals surface area contributed by atoms with Gasteiger partial charge in [-0.15, -0.1) is 0 Å². The molecule has 0 saturated carbocycles. The van der Waals surface area contributed by atoms with Crippen molar-refractivity contribution in [3.63, 3.8) is 0 Å². The van der Waals surface area contributed by atoms with E-state index in [9.17, 15) is 19.7 Å². The number of non-ortho nitro benzene ring substituents is 1. The maximum absolute atomic E-state index is 12.0. The molecule has 1 aromatic heterocycles. The van der Waals surface area contributed by atoms with E-state index in [1.165, 1.54) is 30.3 Å². The first-order valence-electron chi connectivity index (χ1n) is 6.76. The van der Waals surface area contributed by atoms with Crippen LogP contribution in [0.1, 0.15) is 16.1 Å². The van der Waals surface area contributed by atoms with Crippen LogP contribution in [0.5, 0.6) is 0 Å². The van der Waals surface area contributed by atoms with Crippen molar-refractivity contribution < 1.29 is 23.7 Å². The van der Waals surface area contributed by atoms with E-state index in [2.05, 4.69) is 0 Å². The zero-order chi connectivity index (χ0) is 17.7. The van der Waals surface area contributed by atoms with Gasteiger partial charge in [-0.25, -0.2) is 4.79 Å². The van der Waals surface area contributed by atoms with Gasteiger partial charge >= 0.3 is 5.97 Å². The molecule has 0 aliphatic carbocycles. The average molecular weight is 353 g/mol. The summed E-state index contributed by atoms with van der Waals surface area (Å²) in [6.07, 6.45) is 1.48. The van der Waals surface area contributed by atoms with E-state index >= 15 is 0 Å². The first-order valence-corrected chi connectivity index (χ1v) is 7.13. The van der Waals surface area contributed by atoms with E-state index in [0.29, 0.717) is 5.76 Å². The van der Waals surface area contributed by atoms with Crippen LogP contribution < -0.4 is 0 Å². The van der Waals surface area contributed by atoms with Crippen LogP contribution in [0.25, 0.3) is 0 Å². The second-order valence-corrected chi connectivity index (χ2v) is 5.23. The molecule has 24 heavy (non-hydrogen) atoms. The van der Waals surface area contributed by atoms with E-state index in [0.717, 1.165) is 6.07 Å². The van der Waals surface area contributed by atoms with Crippen LogP contribution >= 0.6 is 11.6 Å². The van der Waals surface area contributed by atoms with Gasteiger partial charge in [-0.3, -0.25) is 14.9 Å². The Morgan fingerprint density at radius 1 is 1.38 bits per heavy atom. The fourth-order valence-electron chi connectivity index (χ4n) is 1.82. The molecule has 0 aliphatic rings. The Balaban J connectivity index is 1.96. The molecule has 0 aliphatic heterocycles. The summed E-state index contributed by atoms with van der Waals surface area (Å²) in [5.41, 5.74) is -0.472. The number of halogens is 1. The van der Waals surface area contributed by atoms with Gasteiger partial charge in [0.25, 0.3) is 11.6 Å². The van der Waals surface area contributed by atoms with Crippen LogP contribution in [-0.2, 0) is 16.1 Å². The summed E-state index contributed by atoms with van der Waals surface area (Å²) >= 11 is 5.84. The van der Waals surface area contributed by atoms with Gasteiger partial charge in [0.1, 0.15) is 5.76 Å². The van der Waals surface area contributed by atoms with Gasteiger partial charge in [0.2, 0.25) is 0 Å². The lowest BCUT2D eigenvalue weighted by molar-refractivity contribution is -0.384. The second-order valence-electron chi connectivity index (χ2n) is 4.83. The van der Waals surface area contributed by atoms with Crippen molar-refractivity contribution in [3.8, 4) is 0 Å². The van der Waals surface area contributed by atoms with E-state index in [1.54, 1.807) is 12.1 Å². The third-order valence-electron chi connectivity index (χ3n) is 3.11. The SMILES string of the molecule is CN(Cc1ccco1)C(=O)COC(=O)c1cc([N+](=O)[O-])ccc1Cl. The van der Waals surface area contributed by atoms with Gasteiger partial charge in [0, 0.05) is 19.2 Å². The zero-order valence-electron chi connectivity index (χ0n) is 12.6. The molecular formula is C15H13ClN2O6. The number of ether oxygens (including phenoxy) is 1. The lowest BCUT2D eigenvalue weighted by atomic mass is 10.2. The Hall–Kier alpha value is -2.87. The average Bonchev–Trinajstić information content (AvgIpc) is 3.05. The molecule has 2 aromatic rings. The van der Waals surface area contributed by atoms with E-state index in [1.807, 2.05) is 0 Å². The van der Waals surface area contributed by atoms with Crippen LogP contribution in [0.4, 0.5) is 5.69 Å². The predicted molar refractivity (Wildman–Crippen MR) is 83.6 cm³/mol. The Bertz CT molecular complexity index is 759. The number of nitrogens with zero attached hydrogens (tertiary/aromatic N) is 2. The molecule has 0 atom stereocenters. The molecular weight excluding hydrogens is 340 g/mol. The number of rotatable bonds is 6. The molecule has 1 aromatic carbocycles. The van der Waals surface area contributed by atoms with Gasteiger partial charge in [0.05, 0.1) is 28.3 Å². The number of furan rings is 1. The number of amides is 1.